The summed E-state index contributed by atoms with van der Waals surface area (Å²) in [6.07, 6.45) is 1.40. The first-order chi connectivity index (χ1) is 9.33. The van der Waals surface area contributed by atoms with Gasteiger partial charge in [0, 0.05) is 25.2 Å². The Balaban J connectivity index is 1.97. The van der Waals surface area contributed by atoms with Crippen molar-refractivity contribution < 1.29 is 14.6 Å². The van der Waals surface area contributed by atoms with Gasteiger partial charge in [0.2, 0.25) is 0 Å². The molecule has 0 amide bonds. The average Bonchev–Trinajstić information content (AvgIpc) is 2.46. The number of rotatable bonds is 6. The van der Waals surface area contributed by atoms with Crippen LogP contribution in [0.2, 0.25) is 0 Å². The molecule has 2 rings (SSSR count). The van der Waals surface area contributed by atoms with Crippen molar-refractivity contribution in [3.05, 3.63) is 29.8 Å². The number of morpholine rings is 1. The minimum Gasteiger partial charge on any atom is -0.491 e. The van der Waals surface area contributed by atoms with E-state index in [0.29, 0.717) is 12.7 Å². The van der Waals surface area contributed by atoms with Crippen molar-refractivity contribution in [1.29, 1.82) is 0 Å². The van der Waals surface area contributed by atoms with Crippen LogP contribution < -0.4 is 4.74 Å². The van der Waals surface area contributed by atoms with E-state index in [2.05, 4.69) is 17.9 Å². The predicted molar refractivity (Wildman–Crippen MR) is 74.3 cm³/mol. The van der Waals surface area contributed by atoms with Crippen LogP contribution in [0.25, 0.3) is 0 Å². The van der Waals surface area contributed by atoms with Gasteiger partial charge in [0.25, 0.3) is 0 Å². The van der Waals surface area contributed by atoms with Gasteiger partial charge in [-0.1, -0.05) is 25.1 Å². The number of aliphatic hydroxyl groups excluding tert-OH is 1. The maximum Gasteiger partial charge on any atom is 0.123 e. The van der Waals surface area contributed by atoms with Gasteiger partial charge in [0.15, 0.2) is 0 Å². The van der Waals surface area contributed by atoms with Crippen LogP contribution in [0, 0.1) is 0 Å². The first-order valence-corrected chi connectivity index (χ1v) is 6.99. The largest absolute Gasteiger partial charge is 0.491 e. The molecule has 106 valence electrons. The Labute approximate surface area is 114 Å². The van der Waals surface area contributed by atoms with Gasteiger partial charge in [0.1, 0.15) is 12.4 Å². The molecule has 4 heteroatoms. The third-order valence-corrected chi connectivity index (χ3v) is 3.39. The molecule has 0 bridgehead atoms. The highest BCUT2D eigenvalue weighted by Gasteiger charge is 2.19. The summed E-state index contributed by atoms with van der Waals surface area (Å²) in [7, 11) is 0. The molecule has 1 heterocycles. The fourth-order valence-corrected chi connectivity index (χ4v) is 2.34. The summed E-state index contributed by atoms with van der Waals surface area (Å²) in [6, 6.07) is 8.04. The Morgan fingerprint density at radius 3 is 3.05 bits per heavy atom. The van der Waals surface area contributed by atoms with Gasteiger partial charge >= 0.3 is 0 Å². The molecule has 19 heavy (non-hydrogen) atoms. The Morgan fingerprint density at radius 2 is 2.26 bits per heavy atom. The van der Waals surface area contributed by atoms with E-state index in [4.69, 9.17) is 14.6 Å². The molecule has 0 radical (unpaired) electrons. The zero-order valence-electron chi connectivity index (χ0n) is 11.5. The van der Waals surface area contributed by atoms with Crippen molar-refractivity contribution in [3.63, 3.8) is 0 Å². The van der Waals surface area contributed by atoms with Crippen molar-refractivity contribution in [2.45, 2.75) is 26.0 Å². The molecule has 1 aliphatic rings. The third kappa shape index (κ3) is 4.20. The third-order valence-electron chi connectivity index (χ3n) is 3.39. The molecule has 0 spiro atoms. The fourth-order valence-electron chi connectivity index (χ4n) is 2.34. The van der Waals surface area contributed by atoms with Crippen molar-refractivity contribution in [3.8, 4) is 5.75 Å². The number of hydrogen-bond donors (Lipinski definition) is 1. The molecule has 1 fully saturated rings. The molecule has 0 saturated carbocycles. The Kier molecular flexibility index (Phi) is 5.63. The predicted octanol–water partition coefficient (Wildman–Crippen LogP) is 1.67. The first kappa shape index (κ1) is 14.3. The van der Waals surface area contributed by atoms with Gasteiger partial charge in [-0.3, -0.25) is 4.90 Å². The monoisotopic (exact) mass is 265 g/mol. The lowest BCUT2D eigenvalue weighted by Crippen LogP contribution is -2.41. The standard InChI is InChI=1S/C15H23NO3/c1-2-14-12-16(7-9-18-14)11-13-5-3-4-6-15(13)19-10-8-17/h3-6,14,17H,2,7-12H2,1H3/t14-/m0/s1. The molecule has 0 aliphatic carbocycles. The lowest BCUT2D eigenvalue weighted by atomic mass is 10.1. The molecular weight excluding hydrogens is 242 g/mol. The summed E-state index contributed by atoms with van der Waals surface area (Å²) in [6.45, 7) is 6.17. The average molecular weight is 265 g/mol. The molecule has 1 atom stereocenters. The van der Waals surface area contributed by atoms with Crippen LogP contribution in [0.15, 0.2) is 24.3 Å². The Hall–Kier alpha value is -1.10. The van der Waals surface area contributed by atoms with Crippen LogP contribution in [0.3, 0.4) is 0 Å². The zero-order valence-corrected chi connectivity index (χ0v) is 11.5. The normalized spacial score (nSPS) is 20.4. The molecule has 1 aromatic rings. The summed E-state index contributed by atoms with van der Waals surface area (Å²) in [4.78, 5) is 2.40. The number of nitrogens with zero attached hydrogens (tertiary/aromatic N) is 1. The Morgan fingerprint density at radius 1 is 1.42 bits per heavy atom. The van der Waals surface area contributed by atoms with Gasteiger partial charge in [-0.25, -0.2) is 0 Å². The molecule has 1 aromatic carbocycles. The molecule has 0 unspecified atom stereocenters. The maximum atomic E-state index is 8.85. The second-order valence-corrected chi connectivity index (χ2v) is 4.82. The van der Waals surface area contributed by atoms with Gasteiger partial charge in [-0.15, -0.1) is 0 Å². The van der Waals surface area contributed by atoms with Crippen LogP contribution in [-0.4, -0.2) is 49.0 Å². The van der Waals surface area contributed by atoms with Crippen molar-refractivity contribution in [2.24, 2.45) is 0 Å². The molecule has 1 aliphatic heterocycles. The number of para-hydroxylation sites is 1. The van der Waals surface area contributed by atoms with Gasteiger partial charge < -0.3 is 14.6 Å². The van der Waals surface area contributed by atoms with E-state index in [-0.39, 0.29) is 6.61 Å². The van der Waals surface area contributed by atoms with Gasteiger partial charge in [-0.2, -0.15) is 0 Å². The highest BCUT2D eigenvalue weighted by Crippen LogP contribution is 2.21. The lowest BCUT2D eigenvalue weighted by molar-refractivity contribution is -0.0326. The number of ether oxygens (including phenoxy) is 2. The molecule has 4 nitrogen and oxygen atoms in total. The number of benzene rings is 1. The van der Waals surface area contributed by atoms with Gasteiger partial charge in [-0.05, 0) is 12.5 Å². The smallest absolute Gasteiger partial charge is 0.123 e. The van der Waals surface area contributed by atoms with E-state index >= 15 is 0 Å². The summed E-state index contributed by atoms with van der Waals surface area (Å²) in [5.41, 5.74) is 1.17. The molecule has 0 aromatic heterocycles. The van der Waals surface area contributed by atoms with E-state index < -0.39 is 0 Å². The fraction of sp³-hybridized carbons (Fsp3) is 0.600. The Bertz CT molecular complexity index is 383. The van der Waals surface area contributed by atoms with Gasteiger partial charge in [0.05, 0.1) is 19.3 Å². The van der Waals surface area contributed by atoms with Crippen LogP contribution >= 0.6 is 0 Å². The highest BCUT2D eigenvalue weighted by molar-refractivity contribution is 5.33. The van der Waals surface area contributed by atoms with Crippen LogP contribution in [-0.2, 0) is 11.3 Å². The van der Waals surface area contributed by atoms with Crippen LogP contribution in [0.4, 0.5) is 0 Å². The van der Waals surface area contributed by atoms with E-state index in [1.807, 2.05) is 18.2 Å². The highest BCUT2D eigenvalue weighted by atomic mass is 16.5. The van der Waals surface area contributed by atoms with Crippen molar-refractivity contribution >= 4 is 0 Å². The van der Waals surface area contributed by atoms with Crippen LogP contribution in [0.1, 0.15) is 18.9 Å². The molecular formula is C15H23NO3. The minimum atomic E-state index is 0.0454. The zero-order chi connectivity index (χ0) is 13.5. The topological polar surface area (TPSA) is 41.9 Å². The SMILES string of the molecule is CC[C@H]1CN(Cc2ccccc2OCCO)CCO1. The second kappa shape index (κ2) is 7.48. The van der Waals surface area contributed by atoms with Crippen molar-refractivity contribution in [2.75, 3.05) is 32.9 Å². The quantitative estimate of drug-likeness (QED) is 0.849. The lowest BCUT2D eigenvalue weighted by Gasteiger charge is -2.32. The van der Waals surface area contributed by atoms with E-state index in [9.17, 15) is 0 Å². The van der Waals surface area contributed by atoms with E-state index in [1.165, 1.54) is 5.56 Å². The second-order valence-electron chi connectivity index (χ2n) is 4.82. The van der Waals surface area contributed by atoms with E-state index in [0.717, 1.165) is 38.4 Å². The number of aliphatic hydroxyl groups is 1. The maximum absolute atomic E-state index is 8.85. The molecule has 1 N–H and O–H groups in total. The summed E-state index contributed by atoms with van der Waals surface area (Å²) >= 11 is 0. The number of hydrogen-bond acceptors (Lipinski definition) is 4. The minimum absolute atomic E-state index is 0.0454. The summed E-state index contributed by atoms with van der Waals surface area (Å²) in [5, 5.41) is 8.85. The summed E-state index contributed by atoms with van der Waals surface area (Å²) in [5.74, 6) is 0.871. The van der Waals surface area contributed by atoms with E-state index in [1.54, 1.807) is 0 Å². The molecule has 1 saturated heterocycles. The van der Waals surface area contributed by atoms with Crippen molar-refractivity contribution in [1.82, 2.24) is 4.90 Å². The van der Waals surface area contributed by atoms with Crippen LogP contribution in [0.5, 0.6) is 5.75 Å². The first-order valence-electron chi connectivity index (χ1n) is 6.99. The summed E-state index contributed by atoms with van der Waals surface area (Å²) < 4.78 is 11.3.